The van der Waals surface area contributed by atoms with Crippen LogP contribution < -0.4 is 5.32 Å². The van der Waals surface area contributed by atoms with Gasteiger partial charge in [-0.2, -0.15) is 0 Å². The second-order valence-electron chi connectivity index (χ2n) is 4.09. The number of ether oxygens (including phenoxy) is 2. The summed E-state index contributed by atoms with van der Waals surface area (Å²) in [6.45, 7) is 1.78. The number of carboxylic acids is 1. The second kappa shape index (κ2) is 9.06. The van der Waals surface area contributed by atoms with Crippen molar-refractivity contribution in [3.63, 3.8) is 0 Å². The number of aromatic carboxylic acids is 1. The number of rotatable bonds is 9. The van der Waals surface area contributed by atoms with Crippen molar-refractivity contribution in [3.8, 4) is 0 Å². The van der Waals surface area contributed by atoms with E-state index in [1.807, 2.05) is 0 Å². The molecule has 0 bridgehead atoms. The Balaban J connectivity index is 2.34. The summed E-state index contributed by atoms with van der Waals surface area (Å²) >= 11 is 0. The van der Waals surface area contributed by atoms with Crippen molar-refractivity contribution < 1.29 is 24.2 Å². The lowest BCUT2D eigenvalue weighted by molar-refractivity contribution is -0.120. The first-order valence-electron chi connectivity index (χ1n) is 6.29. The Morgan fingerprint density at radius 2 is 1.95 bits per heavy atom. The van der Waals surface area contributed by atoms with E-state index in [0.29, 0.717) is 31.9 Å². The minimum absolute atomic E-state index is 0.0422. The monoisotopic (exact) mass is 281 g/mol. The molecule has 0 radical (unpaired) electrons. The largest absolute Gasteiger partial charge is 0.478 e. The van der Waals surface area contributed by atoms with Crippen LogP contribution >= 0.6 is 0 Å². The fourth-order valence-electron chi connectivity index (χ4n) is 1.63. The number of hydrogen-bond acceptors (Lipinski definition) is 4. The molecule has 0 spiro atoms. The molecule has 0 saturated heterocycles. The fraction of sp³-hybridized carbons (Fsp3) is 0.429. The number of carbonyl (C=O) groups excluding carboxylic acids is 1. The molecule has 2 N–H and O–H groups in total. The number of carbonyl (C=O) groups is 2. The average molecular weight is 281 g/mol. The molecule has 0 aliphatic rings. The Morgan fingerprint density at radius 3 is 2.65 bits per heavy atom. The summed E-state index contributed by atoms with van der Waals surface area (Å²) in [5.74, 6) is -1.26. The lowest BCUT2D eigenvalue weighted by Gasteiger charge is -2.08. The van der Waals surface area contributed by atoms with Crippen LogP contribution in [-0.4, -0.2) is 50.5 Å². The lowest BCUT2D eigenvalue weighted by Crippen LogP contribution is -2.29. The van der Waals surface area contributed by atoms with E-state index in [4.69, 9.17) is 14.6 Å². The molecule has 0 fully saturated rings. The quantitative estimate of drug-likeness (QED) is 0.651. The van der Waals surface area contributed by atoms with Crippen molar-refractivity contribution in [1.29, 1.82) is 0 Å². The number of hydrogen-bond donors (Lipinski definition) is 2. The highest BCUT2D eigenvalue weighted by atomic mass is 16.5. The van der Waals surface area contributed by atoms with Gasteiger partial charge in [-0.05, 0) is 11.6 Å². The first kappa shape index (κ1) is 16.1. The molecule has 0 unspecified atom stereocenters. The van der Waals surface area contributed by atoms with Crippen LogP contribution in [0.3, 0.4) is 0 Å². The maximum atomic E-state index is 11.7. The summed E-state index contributed by atoms with van der Waals surface area (Å²) in [6.07, 6.45) is 0.0422. The average Bonchev–Trinajstić information content (AvgIpc) is 2.43. The number of nitrogens with one attached hydrogen (secondary N) is 1. The Bertz CT molecular complexity index is 447. The topological polar surface area (TPSA) is 84.9 Å². The third-order valence-corrected chi connectivity index (χ3v) is 2.60. The van der Waals surface area contributed by atoms with Crippen LogP contribution in [0.4, 0.5) is 0 Å². The van der Waals surface area contributed by atoms with Crippen LogP contribution in [0.15, 0.2) is 24.3 Å². The van der Waals surface area contributed by atoms with Crippen molar-refractivity contribution in [1.82, 2.24) is 5.32 Å². The summed E-state index contributed by atoms with van der Waals surface area (Å²) in [4.78, 5) is 22.7. The van der Waals surface area contributed by atoms with Crippen LogP contribution in [0.2, 0.25) is 0 Å². The van der Waals surface area contributed by atoms with Crippen molar-refractivity contribution in [2.24, 2.45) is 0 Å². The Kier molecular flexibility index (Phi) is 7.31. The smallest absolute Gasteiger partial charge is 0.335 e. The highest BCUT2D eigenvalue weighted by Crippen LogP contribution is 2.09. The highest BCUT2D eigenvalue weighted by molar-refractivity contribution is 5.91. The van der Waals surface area contributed by atoms with Crippen LogP contribution in [0.5, 0.6) is 0 Å². The zero-order valence-electron chi connectivity index (χ0n) is 11.4. The van der Waals surface area contributed by atoms with Gasteiger partial charge in [0.1, 0.15) is 0 Å². The van der Waals surface area contributed by atoms with Gasteiger partial charge in [-0.15, -0.1) is 0 Å². The van der Waals surface area contributed by atoms with Crippen molar-refractivity contribution in [2.75, 3.05) is 33.5 Å². The van der Waals surface area contributed by atoms with Gasteiger partial charge in [0.15, 0.2) is 0 Å². The van der Waals surface area contributed by atoms with E-state index in [-0.39, 0.29) is 17.9 Å². The first-order chi connectivity index (χ1) is 9.65. The number of benzene rings is 1. The number of methoxy groups -OCH3 is 1. The van der Waals surface area contributed by atoms with Gasteiger partial charge in [0.05, 0.1) is 31.8 Å². The number of amides is 1. The molecule has 20 heavy (non-hydrogen) atoms. The Hall–Kier alpha value is -1.92. The minimum atomic E-state index is -1.03. The molecular formula is C14H19NO5. The summed E-state index contributed by atoms with van der Waals surface area (Å²) < 4.78 is 10.0. The van der Waals surface area contributed by atoms with E-state index in [1.165, 1.54) is 6.07 Å². The predicted molar refractivity (Wildman–Crippen MR) is 72.8 cm³/mol. The molecule has 0 heterocycles. The standard InChI is InChI=1S/C14H19NO5/c1-19-8-9-20-7-6-15-13(16)10-11-4-2-3-5-12(11)14(17)18/h2-5H,6-10H2,1H3,(H,15,16)(H,17,18). The fourth-order valence-corrected chi connectivity index (χ4v) is 1.63. The molecule has 6 heteroatoms. The van der Waals surface area contributed by atoms with Crippen LogP contribution in [-0.2, 0) is 20.7 Å². The van der Waals surface area contributed by atoms with Crippen molar-refractivity contribution in [2.45, 2.75) is 6.42 Å². The third kappa shape index (κ3) is 5.81. The molecule has 1 rings (SSSR count). The summed E-state index contributed by atoms with van der Waals surface area (Å²) in [5, 5.41) is 11.7. The first-order valence-corrected chi connectivity index (χ1v) is 6.29. The van der Waals surface area contributed by atoms with Crippen LogP contribution in [0.25, 0.3) is 0 Å². The molecule has 0 saturated carbocycles. The number of carboxylic acid groups (broad SMARTS) is 1. The Morgan fingerprint density at radius 1 is 1.20 bits per heavy atom. The zero-order chi connectivity index (χ0) is 14.8. The van der Waals surface area contributed by atoms with Gasteiger partial charge < -0.3 is 19.9 Å². The maximum absolute atomic E-state index is 11.7. The summed E-state index contributed by atoms with van der Waals surface area (Å²) in [7, 11) is 1.59. The van der Waals surface area contributed by atoms with Crippen molar-refractivity contribution >= 4 is 11.9 Å². The second-order valence-corrected chi connectivity index (χ2v) is 4.09. The molecule has 0 aliphatic heterocycles. The highest BCUT2D eigenvalue weighted by Gasteiger charge is 2.11. The third-order valence-electron chi connectivity index (χ3n) is 2.60. The molecule has 110 valence electrons. The molecule has 0 aliphatic carbocycles. The van der Waals surface area contributed by atoms with E-state index in [9.17, 15) is 9.59 Å². The van der Waals surface area contributed by atoms with Gasteiger partial charge in [-0.3, -0.25) is 4.79 Å². The maximum Gasteiger partial charge on any atom is 0.335 e. The van der Waals surface area contributed by atoms with E-state index >= 15 is 0 Å². The summed E-state index contributed by atoms with van der Waals surface area (Å²) in [5.41, 5.74) is 0.650. The van der Waals surface area contributed by atoms with Gasteiger partial charge in [-0.1, -0.05) is 18.2 Å². The van der Waals surface area contributed by atoms with E-state index in [2.05, 4.69) is 5.32 Å². The molecule has 0 atom stereocenters. The predicted octanol–water partition coefficient (Wildman–Crippen LogP) is 0.706. The van der Waals surface area contributed by atoms with Gasteiger partial charge in [0.25, 0.3) is 0 Å². The Labute approximate surface area is 117 Å². The molecule has 6 nitrogen and oxygen atoms in total. The molecule has 1 aromatic carbocycles. The van der Waals surface area contributed by atoms with Gasteiger partial charge in [0.2, 0.25) is 5.91 Å². The summed E-state index contributed by atoms with van der Waals surface area (Å²) in [6, 6.07) is 6.47. The van der Waals surface area contributed by atoms with Crippen molar-refractivity contribution in [3.05, 3.63) is 35.4 Å². The van der Waals surface area contributed by atoms with Crippen LogP contribution in [0, 0.1) is 0 Å². The van der Waals surface area contributed by atoms with Gasteiger partial charge in [-0.25, -0.2) is 4.79 Å². The normalized spacial score (nSPS) is 10.2. The minimum Gasteiger partial charge on any atom is -0.478 e. The van der Waals surface area contributed by atoms with E-state index < -0.39 is 5.97 Å². The lowest BCUT2D eigenvalue weighted by atomic mass is 10.0. The molecule has 1 aromatic rings. The molecule has 1 amide bonds. The molecular weight excluding hydrogens is 262 g/mol. The van der Waals surface area contributed by atoms with Gasteiger partial charge in [0, 0.05) is 13.7 Å². The SMILES string of the molecule is COCCOCCNC(=O)Cc1ccccc1C(=O)O. The zero-order valence-corrected chi connectivity index (χ0v) is 11.4. The molecule has 0 aromatic heterocycles. The van der Waals surface area contributed by atoms with Gasteiger partial charge >= 0.3 is 5.97 Å². The van der Waals surface area contributed by atoms with E-state index in [0.717, 1.165) is 0 Å². The van der Waals surface area contributed by atoms with Crippen LogP contribution in [0.1, 0.15) is 15.9 Å². The van der Waals surface area contributed by atoms with E-state index in [1.54, 1.807) is 25.3 Å².